The molecule has 0 bridgehead atoms. The molecule has 1 aliphatic rings. The number of nitrogens with zero attached hydrogens (tertiary/aromatic N) is 2. The Morgan fingerprint density at radius 1 is 1.27 bits per heavy atom. The number of hydrogen-bond donors (Lipinski definition) is 1. The smallest absolute Gasteiger partial charge is 0.341 e. The molecule has 1 unspecified atom stereocenters. The lowest BCUT2D eigenvalue weighted by Gasteiger charge is -2.18. The monoisotopic (exact) mass is 483 g/mol. The van der Waals surface area contributed by atoms with Crippen LogP contribution in [0.2, 0.25) is 0 Å². The standard InChI is InChI=1S/C24H25N3O4S2/c1-3-30-23(29)21-17-11-9-15(2)13-18(17)33-22(21)25-19(28)14-32-24-27-26-20(31-24)12-10-16-7-5-4-6-8-16/h4-8,10,12,15H,3,9,11,13-14H2,1-2H3,(H,25,28)/b12-10+. The summed E-state index contributed by atoms with van der Waals surface area (Å²) >= 11 is 2.63. The summed E-state index contributed by atoms with van der Waals surface area (Å²) < 4.78 is 10.8. The first-order valence-electron chi connectivity index (χ1n) is 10.8. The van der Waals surface area contributed by atoms with Crippen LogP contribution in [0.5, 0.6) is 0 Å². The van der Waals surface area contributed by atoms with Crippen LogP contribution in [-0.4, -0.2) is 34.4 Å². The van der Waals surface area contributed by atoms with E-state index >= 15 is 0 Å². The van der Waals surface area contributed by atoms with Crippen molar-refractivity contribution in [3.63, 3.8) is 0 Å². The van der Waals surface area contributed by atoms with Crippen LogP contribution in [-0.2, 0) is 22.4 Å². The van der Waals surface area contributed by atoms with E-state index in [4.69, 9.17) is 9.15 Å². The van der Waals surface area contributed by atoms with Gasteiger partial charge in [-0.3, -0.25) is 4.79 Å². The van der Waals surface area contributed by atoms with Gasteiger partial charge in [-0.1, -0.05) is 49.0 Å². The van der Waals surface area contributed by atoms with Crippen LogP contribution in [0.25, 0.3) is 12.2 Å². The third kappa shape index (κ3) is 5.91. The number of thioether (sulfide) groups is 1. The highest BCUT2D eigenvalue weighted by Gasteiger charge is 2.29. The van der Waals surface area contributed by atoms with Gasteiger partial charge in [-0.25, -0.2) is 4.79 Å². The zero-order valence-corrected chi connectivity index (χ0v) is 20.1. The summed E-state index contributed by atoms with van der Waals surface area (Å²) in [5.74, 6) is 0.404. The van der Waals surface area contributed by atoms with Gasteiger partial charge >= 0.3 is 5.97 Å². The lowest BCUT2D eigenvalue weighted by atomic mass is 9.88. The quantitative estimate of drug-likeness (QED) is 0.342. The molecule has 172 valence electrons. The summed E-state index contributed by atoms with van der Waals surface area (Å²) in [7, 11) is 0. The van der Waals surface area contributed by atoms with Crippen molar-refractivity contribution in [1.29, 1.82) is 0 Å². The molecule has 0 spiro atoms. The van der Waals surface area contributed by atoms with Crippen LogP contribution in [0.1, 0.15) is 52.5 Å². The molecule has 0 fully saturated rings. The third-order valence-corrected chi connectivity index (χ3v) is 7.20. The second-order valence-corrected chi connectivity index (χ2v) is 9.80. The van der Waals surface area contributed by atoms with Gasteiger partial charge in [0.15, 0.2) is 0 Å². The van der Waals surface area contributed by atoms with Gasteiger partial charge in [0.05, 0.1) is 17.9 Å². The van der Waals surface area contributed by atoms with Crippen LogP contribution in [0.4, 0.5) is 5.00 Å². The van der Waals surface area contributed by atoms with Gasteiger partial charge in [0.25, 0.3) is 5.22 Å². The zero-order chi connectivity index (χ0) is 23.2. The first-order valence-corrected chi connectivity index (χ1v) is 12.6. The number of amides is 1. The molecule has 3 aromatic rings. The number of thiophene rings is 1. The summed E-state index contributed by atoms with van der Waals surface area (Å²) in [6, 6.07) is 9.79. The largest absolute Gasteiger partial charge is 0.462 e. The van der Waals surface area contributed by atoms with Gasteiger partial charge in [-0.2, -0.15) is 0 Å². The normalized spacial score (nSPS) is 15.4. The van der Waals surface area contributed by atoms with E-state index in [1.54, 1.807) is 13.0 Å². The Kier molecular flexibility index (Phi) is 7.61. The van der Waals surface area contributed by atoms with Crippen molar-refractivity contribution < 1.29 is 18.7 Å². The van der Waals surface area contributed by atoms with E-state index < -0.39 is 0 Å². The van der Waals surface area contributed by atoms with Crippen molar-refractivity contribution >= 4 is 52.1 Å². The molecule has 0 saturated heterocycles. The lowest BCUT2D eigenvalue weighted by molar-refractivity contribution is -0.113. The van der Waals surface area contributed by atoms with E-state index in [0.29, 0.717) is 34.2 Å². The first-order chi connectivity index (χ1) is 16.0. The molecular weight excluding hydrogens is 458 g/mol. The molecule has 33 heavy (non-hydrogen) atoms. The van der Waals surface area contributed by atoms with Gasteiger partial charge in [-0.15, -0.1) is 21.5 Å². The molecule has 1 aliphatic carbocycles. The number of carbonyl (C=O) groups excluding carboxylic acids is 2. The van der Waals surface area contributed by atoms with Gasteiger partial charge < -0.3 is 14.5 Å². The highest BCUT2D eigenvalue weighted by molar-refractivity contribution is 7.99. The minimum Gasteiger partial charge on any atom is -0.462 e. The van der Waals surface area contributed by atoms with Crippen molar-refractivity contribution in [2.75, 3.05) is 17.7 Å². The fourth-order valence-electron chi connectivity index (χ4n) is 3.63. The minimum atomic E-state index is -0.376. The second-order valence-electron chi connectivity index (χ2n) is 7.76. The number of benzene rings is 1. The Labute approximate surface area is 200 Å². The highest BCUT2D eigenvalue weighted by atomic mass is 32.2. The van der Waals surface area contributed by atoms with Crippen molar-refractivity contribution in [2.45, 2.75) is 38.3 Å². The number of carbonyl (C=O) groups is 2. The molecular formula is C24H25N3O4S2. The van der Waals surface area contributed by atoms with E-state index in [2.05, 4.69) is 22.4 Å². The summed E-state index contributed by atoms with van der Waals surface area (Å²) in [4.78, 5) is 26.4. The molecule has 2 heterocycles. The number of esters is 1. The molecule has 0 radical (unpaired) electrons. The van der Waals surface area contributed by atoms with E-state index in [0.717, 1.165) is 47.0 Å². The SMILES string of the molecule is CCOC(=O)c1c(NC(=O)CSc2nnc(/C=C/c3ccccc3)o2)sc2c1CCC(C)C2. The second kappa shape index (κ2) is 10.8. The summed E-state index contributed by atoms with van der Waals surface area (Å²) in [5.41, 5.74) is 2.55. The lowest BCUT2D eigenvalue weighted by Crippen LogP contribution is -2.17. The fraction of sp³-hybridized carbons (Fsp3) is 0.333. The maximum Gasteiger partial charge on any atom is 0.341 e. The molecule has 2 aromatic heterocycles. The Hall–Kier alpha value is -2.91. The van der Waals surface area contributed by atoms with Crippen LogP contribution < -0.4 is 5.32 Å². The van der Waals surface area contributed by atoms with Crippen molar-refractivity contribution in [2.24, 2.45) is 5.92 Å². The van der Waals surface area contributed by atoms with Crippen LogP contribution in [0.15, 0.2) is 40.0 Å². The molecule has 0 saturated carbocycles. The third-order valence-electron chi connectivity index (χ3n) is 5.21. The number of fused-ring (bicyclic) bond motifs is 1. The average molecular weight is 484 g/mol. The number of nitrogens with one attached hydrogen (secondary N) is 1. The number of anilines is 1. The first kappa shape index (κ1) is 23.3. The van der Waals surface area contributed by atoms with Gasteiger partial charge in [0, 0.05) is 11.0 Å². The number of aromatic nitrogens is 2. The Balaban J connectivity index is 1.39. The summed E-state index contributed by atoms with van der Waals surface area (Å²) in [6.07, 6.45) is 6.38. The number of hydrogen-bond acceptors (Lipinski definition) is 8. The van der Waals surface area contributed by atoms with Crippen molar-refractivity contribution in [3.05, 3.63) is 57.8 Å². The number of rotatable bonds is 8. The maximum absolute atomic E-state index is 12.6. The Morgan fingerprint density at radius 2 is 2.09 bits per heavy atom. The molecule has 0 aliphatic heterocycles. The summed E-state index contributed by atoms with van der Waals surface area (Å²) in [5, 5.41) is 11.7. The van der Waals surface area contributed by atoms with Crippen LogP contribution in [0.3, 0.4) is 0 Å². The van der Waals surface area contributed by atoms with E-state index in [-0.39, 0.29) is 17.6 Å². The van der Waals surface area contributed by atoms with Gasteiger partial charge in [0.1, 0.15) is 5.00 Å². The predicted molar refractivity (Wildman–Crippen MR) is 130 cm³/mol. The van der Waals surface area contributed by atoms with Crippen LogP contribution in [0, 0.1) is 5.92 Å². The molecule has 9 heteroatoms. The molecule has 1 amide bonds. The van der Waals surface area contributed by atoms with Crippen molar-refractivity contribution in [1.82, 2.24) is 10.2 Å². The van der Waals surface area contributed by atoms with E-state index in [9.17, 15) is 9.59 Å². The topological polar surface area (TPSA) is 94.3 Å². The zero-order valence-electron chi connectivity index (χ0n) is 18.5. The molecule has 1 aromatic carbocycles. The molecule has 1 atom stereocenters. The average Bonchev–Trinajstić information content (AvgIpc) is 3.40. The fourth-order valence-corrected chi connectivity index (χ4v) is 5.61. The predicted octanol–water partition coefficient (Wildman–Crippen LogP) is 5.33. The van der Waals surface area contributed by atoms with E-state index in [1.807, 2.05) is 36.4 Å². The highest BCUT2D eigenvalue weighted by Crippen LogP contribution is 2.40. The van der Waals surface area contributed by atoms with Gasteiger partial charge in [0.2, 0.25) is 11.8 Å². The molecule has 4 rings (SSSR count). The minimum absolute atomic E-state index is 0.0886. The van der Waals surface area contributed by atoms with Crippen molar-refractivity contribution in [3.8, 4) is 0 Å². The molecule has 7 nitrogen and oxygen atoms in total. The van der Waals surface area contributed by atoms with Gasteiger partial charge in [-0.05, 0) is 49.3 Å². The summed E-state index contributed by atoms with van der Waals surface area (Å²) in [6.45, 7) is 4.28. The Bertz CT molecular complexity index is 1150. The number of ether oxygens (including phenoxy) is 1. The van der Waals surface area contributed by atoms with Crippen LogP contribution >= 0.6 is 23.1 Å². The Morgan fingerprint density at radius 3 is 2.88 bits per heavy atom. The maximum atomic E-state index is 12.6. The van der Waals surface area contributed by atoms with E-state index in [1.165, 1.54) is 11.3 Å². The molecule has 1 N–H and O–H groups in total.